The van der Waals surface area contributed by atoms with Gasteiger partial charge in [0, 0.05) is 18.8 Å². The van der Waals surface area contributed by atoms with E-state index < -0.39 is 0 Å². The summed E-state index contributed by atoms with van der Waals surface area (Å²) >= 11 is 0. The van der Waals surface area contributed by atoms with Gasteiger partial charge in [0.1, 0.15) is 0 Å². The Morgan fingerprint density at radius 2 is 1.89 bits per heavy atom. The highest BCUT2D eigenvalue weighted by molar-refractivity contribution is 5.58. The van der Waals surface area contributed by atoms with Gasteiger partial charge in [-0.25, -0.2) is 0 Å². The van der Waals surface area contributed by atoms with Crippen LogP contribution >= 0.6 is 0 Å². The molecule has 1 aromatic carbocycles. The summed E-state index contributed by atoms with van der Waals surface area (Å²) in [7, 11) is 0. The predicted octanol–water partition coefficient (Wildman–Crippen LogP) is 3.60. The molecule has 0 radical (unpaired) electrons. The maximum Gasteiger partial charge on any atom is 0.0650 e. The fraction of sp³-hybridized carbons (Fsp3) is 0.438. The van der Waals surface area contributed by atoms with E-state index in [0.717, 1.165) is 12.2 Å². The maximum absolute atomic E-state index is 3.97. The molecule has 1 aromatic heterocycles. The van der Waals surface area contributed by atoms with Gasteiger partial charge in [-0.15, -0.1) is 0 Å². The molecule has 0 aliphatic rings. The first kappa shape index (κ1) is 13.8. The Balaban J connectivity index is 1.92. The van der Waals surface area contributed by atoms with Crippen LogP contribution in [0.3, 0.4) is 0 Å². The van der Waals surface area contributed by atoms with Crippen LogP contribution in [-0.4, -0.2) is 16.2 Å². The molecule has 3 heteroatoms. The van der Waals surface area contributed by atoms with E-state index in [1.165, 1.54) is 17.5 Å². The molecule has 102 valence electrons. The summed E-state index contributed by atoms with van der Waals surface area (Å²) in [5.74, 6) is 0.712. The lowest BCUT2D eigenvalue weighted by Crippen LogP contribution is -2.31. The second-order valence-electron chi connectivity index (χ2n) is 5.22. The second-order valence-corrected chi connectivity index (χ2v) is 5.22. The number of H-pyrrole nitrogens is 1. The highest BCUT2D eigenvalue weighted by Gasteiger charge is 2.09. The Hall–Kier alpha value is -1.61. The van der Waals surface area contributed by atoms with Gasteiger partial charge in [-0.2, -0.15) is 5.10 Å². The van der Waals surface area contributed by atoms with Crippen LogP contribution < -0.4 is 5.32 Å². The number of rotatable bonds is 6. The molecule has 0 amide bonds. The molecule has 1 heterocycles. The zero-order valence-corrected chi connectivity index (χ0v) is 12.0. The highest BCUT2D eigenvalue weighted by Crippen LogP contribution is 2.17. The molecule has 2 aromatic rings. The van der Waals surface area contributed by atoms with Crippen molar-refractivity contribution in [3.8, 4) is 11.3 Å². The molecule has 0 aliphatic heterocycles. The van der Waals surface area contributed by atoms with E-state index in [0.29, 0.717) is 12.0 Å². The average Bonchev–Trinajstić information content (AvgIpc) is 2.98. The average molecular weight is 257 g/mol. The number of hydrogen-bond acceptors (Lipinski definition) is 2. The third kappa shape index (κ3) is 3.67. The van der Waals surface area contributed by atoms with Gasteiger partial charge >= 0.3 is 0 Å². The Labute approximate surface area is 115 Å². The van der Waals surface area contributed by atoms with Gasteiger partial charge in [0.25, 0.3) is 0 Å². The number of nitrogens with zero attached hydrogens (tertiary/aromatic N) is 1. The van der Waals surface area contributed by atoms with E-state index in [1.807, 2.05) is 6.07 Å². The molecular formula is C16H23N3. The van der Waals surface area contributed by atoms with Gasteiger partial charge in [0.2, 0.25) is 0 Å². The van der Waals surface area contributed by atoms with Crippen molar-refractivity contribution in [2.75, 3.05) is 0 Å². The standard InChI is InChI=1S/C16H23N3/c1-4-12(2)13(3)17-11-14-5-7-15(8-6-14)16-9-10-18-19-16/h5-10,12-13,17H,4,11H2,1-3H3,(H,18,19). The van der Waals surface area contributed by atoms with Crippen LogP contribution in [0, 0.1) is 5.92 Å². The van der Waals surface area contributed by atoms with Crippen LogP contribution in [0.2, 0.25) is 0 Å². The van der Waals surface area contributed by atoms with E-state index in [9.17, 15) is 0 Å². The summed E-state index contributed by atoms with van der Waals surface area (Å²) in [5, 5.41) is 10.5. The molecule has 2 atom stereocenters. The molecule has 3 nitrogen and oxygen atoms in total. The van der Waals surface area contributed by atoms with Gasteiger partial charge in [0.05, 0.1) is 5.69 Å². The summed E-state index contributed by atoms with van der Waals surface area (Å²) in [6.45, 7) is 7.71. The van der Waals surface area contributed by atoms with E-state index >= 15 is 0 Å². The van der Waals surface area contributed by atoms with E-state index in [-0.39, 0.29) is 0 Å². The molecule has 0 spiro atoms. The molecule has 0 fully saturated rings. The molecule has 2 N–H and O–H groups in total. The lowest BCUT2D eigenvalue weighted by Gasteiger charge is -2.20. The molecule has 2 unspecified atom stereocenters. The molecule has 0 bridgehead atoms. The van der Waals surface area contributed by atoms with Gasteiger partial charge in [0.15, 0.2) is 0 Å². The number of hydrogen-bond donors (Lipinski definition) is 2. The minimum Gasteiger partial charge on any atom is -0.310 e. The van der Waals surface area contributed by atoms with Crippen molar-refractivity contribution in [1.29, 1.82) is 0 Å². The largest absolute Gasteiger partial charge is 0.310 e. The van der Waals surface area contributed by atoms with Crippen LogP contribution in [0.1, 0.15) is 32.8 Å². The second kappa shape index (κ2) is 6.53. The fourth-order valence-electron chi connectivity index (χ4n) is 2.05. The van der Waals surface area contributed by atoms with Crippen LogP contribution in [0.4, 0.5) is 0 Å². The van der Waals surface area contributed by atoms with Crippen molar-refractivity contribution in [1.82, 2.24) is 15.5 Å². The van der Waals surface area contributed by atoms with Crippen molar-refractivity contribution in [3.05, 3.63) is 42.1 Å². The first-order valence-corrected chi connectivity index (χ1v) is 7.02. The van der Waals surface area contributed by atoms with Crippen molar-refractivity contribution >= 4 is 0 Å². The van der Waals surface area contributed by atoms with E-state index in [4.69, 9.17) is 0 Å². The van der Waals surface area contributed by atoms with Crippen molar-refractivity contribution in [2.24, 2.45) is 5.92 Å². The topological polar surface area (TPSA) is 40.7 Å². The highest BCUT2D eigenvalue weighted by atomic mass is 15.1. The number of aromatic amines is 1. The Morgan fingerprint density at radius 1 is 1.16 bits per heavy atom. The monoisotopic (exact) mass is 257 g/mol. The van der Waals surface area contributed by atoms with Gasteiger partial charge < -0.3 is 5.32 Å². The molecular weight excluding hydrogens is 234 g/mol. The number of aromatic nitrogens is 2. The molecule has 19 heavy (non-hydrogen) atoms. The third-order valence-electron chi connectivity index (χ3n) is 3.89. The Bertz CT molecular complexity index is 473. The Kier molecular flexibility index (Phi) is 4.74. The Morgan fingerprint density at radius 3 is 2.47 bits per heavy atom. The third-order valence-corrected chi connectivity index (χ3v) is 3.89. The molecule has 0 saturated heterocycles. The summed E-state index contributed by atoms with van der Waals surface area (Å²) in [5.41, 5.74) is 3.56. The lowest BCUT2D eigenvalue weighted by molar-refractivity contribution is 0.389. The first-order chi connectivity index (χ1) is 9.20. The summed E-state index contributed by atoms with van der Waals surface area (Å²) in [4.78, 5) is 0. The SMILES string of the molecule is CCC(C)C(C)NCc1ccc(-c2ccn[nH]2)cc1. The zero-order chi connectivity index (χ0) is 13.7. The first-order valence-electron chi connectivity index (χ1n) is 7.02. The molecule has 2 rings (SSSR count). The summed E-state index contributed by atoms with van der Waals surface area (Å²) in [6.07, 6.45) is 2.99. The fourth-order valence-corrected chi connectivity index (χ4v) is 2.05. The van der Waals surface area contributed by atoms with Gasteiger partial charge in [-0.05, 0) is 30.0 Å². The normalized spacial score (nSPS) is 14.3. The summed E-state index contributed by atoms with van der Waals surface area (Å²) in [6, 6.07) is 11.2. The smallest absolute Gasteiger partial charge is 0.0650 e. The maximum atomic E-state index is 3.97. The number of nitrogens with one attached hydrogen (secondary N) is 2. The molecule has 0 saturated carbocycles. The van der Waals surface area contributed by atoms with Crippen molar-refractivity contribution in [2.45, 2.75) is 39.8 Å². The van der Waals surface area contributed by atoms with Gasteiger partial charge in [-0.1, -0.05) is 44.5 Å². The van der Waals surface area contributed by atoms with Crippen LogP contribution in [0.5, 0.6) is 0 Å². The van der Waals surface area contributed by atoms with Gasteiger partial charge in [-0.3, -0.25) is 5.10 Å². The lowest BCUT2D eigenvalue weighted by atomic mass is 10.0. The molecule has 0 aliphatic carbocycles. The quantitative estimate of drug-likeness (QED) is 0.830. The van der Waals surface area contributed by atoms with Crippen molar-refractivity contribution in [3.63, 3.8) is 0 Å². The minimum absolute atomic E-state index is 0.553. The summed E-state index contributed by atoms with van der Waals surface area (Å²) < 4.78 is 0. The van der Waals surface area contributed by atoms with Crippen LogP contribution in [0.25, 0.3) is 11.3 Å². The van der Waals surface area contributed by atoms with E-state index in [2.05, 4.69) is 60.6 Å². The minimum atomic E-state index is 0.553. The predicted molar refractivity (Wildman–Crippen MR) is 79.8 cm³/mol. The van der Waals surface area contributed by atoms with E-state index in [1.54, 1.807) is 6.20 Å². The zero-order valence-electron chi connectivity index (χ0n) is 12.0. The number of benzene rings is 1. The van der Waals surface area contributed by atoms with Crippen LogP contribution in [-0.2, 0) is 6.54 Å². The van der Waals surface area contributed by atoms with Crippen LogP contribution in [0.15, 0.2) is 36.5 Å². The van der Waals surface area contributed by atoms with Crippen molar-refractivity contribution < 1.29 is 0 Å².